The molecule has 0 unspecified atom stereocenters. The Hall–Kier alpha value is -1.71. The maximum atomic E-state index is 11.8. The summed E-state index contributed by atoms with van der Waals surface area (Å²) in [5.41, 5.74) is 0.423. The van der Waals surface area contributed by atoms with Gasteiger partial charge in [0.1, 0.15) is 17.1 Å². The first-order valence-electron chi connectivity index (χ1n) is 6.58. The average Bonchev–Trinajstić information content (AvgIpc) is 2.27. The highest BCUT2D eigenvalue weighted by atomic mass is 16.5. The van der Waals surface area contributed by atoms with Gasteiger partial charge >= 0.3 is 5.97 Å². The van der Waals surface area contributed by atoms with E-state index in [4.69, 9.17) is 14.2 Å². The van der Waals surface area contributed by atoms with Crippen molar-refractivity contribution in [3.8, 4) is 11.5 Å². The summed E-state index contributed by atoms with van der Waals surface area (Å²) in [4.78, 5) is 11.8. The fourth-order valence-corrected chi connectivity index (χ4v) is 1.58. The summed E-state index contributed by atoms with van der Waals surface area (Å²) < 4.78 is 16.3. The van der Waals surface area contributed by atoms with E-state index in [-0.39, 0.29) is 18.2 Å². The van der Waals surface area contributed by atoms with Crippen molar-refractivity contribution in [2.75, 3.05) is 6.61 Å². The van der Waals surface area contributed by atoms with Gasteiger partial charge in [0.05, 0.1) is 18.8 Å². The summed E-state index contributed by atoms with van der Waals surface area (Å²) in [5, 5.41) is 0. The number of rotatable bonds is 6. The summed E-state index contributed by atoms with van der Waals surface area (Å²) in [5.74, 6) is 0.791. The number of carbonyl (C=O) groups is 1. The first-order valence-corrected chi connectivity index (χ1v) is 6.58. The van der Waals surface area contributed by atoms with Gasteiger partial charge in [-0.1, -0.05) is 0 Å². The Bertz CT molecular complexity index is 424. The molecular formula is C15H22O4. The van der Waals surface area contributed by atoms with Gasteiger partial charge in [-0.3, -0.25) is 0 Å². The lowest BCUT2D eigenvalue weighted by Crippen LogP contribution is -2.13. The molecule has 0 saturated heterocycles. The van der Waals surface area contributed by atoms with Gasteiger partial charge in [-0.25, -0.2) is 4.79 Å². The molecule has 0 fully saturated rings. The van der Waals surface area contributed by atoms with Crippen LogP contribution in [0.4, 0.5) is 0 Å². The van der Waals surface area contributed by atoms with Crippen molar-refractivity contribution < 1.29 is 19.0 Å². The molecule has 1 aromatic rings. The van der Waals surface area contributed by atoms with Gasteiger partial charge in [0, 0.05) is 6.07 Å². The largest absolute Gasteiger partial charge is 0.491 e. The standard InChI is InChI=1S/C15H22O4/c1-6-17-15(16)13-8-7-12(18-10(2)3)9-14(13)19-11(4)5/h7-11H,6H2,1-5H3. The number of hydrogen-bond acceptors (Lipinski definition) is 4. The molecule has 19 heavy (non-hydrogen) atoms. The monoisotopic (exact) mass is 266 g/mol. The van der Waals surface area contributed by atoms with E-state index in [9.17, 15) is 4.79 Å². The van der Waals surface area contributed by atoms with E-state index in [1.54, 1.807) is 25.1 Å². The Morgan fingerprint density at radius 3 is 2.26 bits per heavy atom. The number of benzene rings is 1. The molecule has 0 spiro atoms. The molecular weight excluding hydrogens is 244 g/mol. The third-order valence-electron chi connectivity index (χ3n) is 2.18. The van der Waals surface area contributed by atoms with Gasteiger partial charge in [-0.05, 0) is 46.8 Å². The van der Waals surface area contributed by atoms with Crippen molar-refractivity contribution in [2.24, 2.45) is 0 Å². The zero-order valence-electron chi connectivity index (χ0n) is 12.2. The summed E-state index contributed by atoms with van der Waals surface area (Å²) in [6, 6.07) is 5.15. The van der Waals surface area contributed by atoms with E-state index in [0.717, 1.165) is 0 Å². The molecule has 0 aliphatic carbocycles. The zero-order chi connectivity index (χ0) is 14.4. The lowest BCUT2D eigenvalue weighted by molar-refractivity contribution is 0.0520. The summed E-state index contributed by atoms with van der Waals surface area (Å²) >= 11 is 0. The molecule has 0 aromatic heterocycles. The highest BCUT2D eigenvalue weighted by Gasteiger charge is 2.16. The third-order valence-corrected chi connectivity index (χ3v) is 2.18. The van der Waals surface area contributed by atoms with Crippen LogP contribution in [-0.4, -0.2) is 24.8 Å². The van der Waals surface area contributed by atoms with Crippen LogP contribution in [0.1, 0.15) is 45.0 Å². The van der Waals surface area contributed by atoms with Crippen LogP contribution in [0.25, 0.3) is 0 Å². The third kappa shape index (κ3) is 4.81. The van der Waals surface area contributed by atoms with Crippen molar-refractivity contribution in [1.29, 1.82) is 0 Å². The highest BCUT2D eigenvalue weighted by Crippen LogP contribution is 2.27. The van der Waals surface area contributed by atoms with Crippen LogP contribution >= 0.6 is 0 Å². The van der Waals surface area contributed by atoms with Gasteiger partial charge in [0.25, 0.3) is 0 Å². The summed E-state index contributed by atoms with van der Waals surface area (Å²) in [7, 11) is 0. The molecule has 4 heteroatoms. The maximum absolute atomic E-state index is 11.8. The Balaban J connectivity index is 3.05. The van der Waals surface area contributed by atoms with Crippen LogP contribution < -0.4 is 9.47 Å². The topological polar surface area (TPSA) is 44.8 Å². The predicted octanol–water partition coefficient (Wildman–Crippen LogP) is 3.44. The van der Waals surface area contributed by atoms with E-state index in [1.807, 2.05) is 27.7 Å². The van der Waals surface area contributed by atoms with Crippen LogP contribution in [0, 0.1) is 0 Å². The summed E-state index contributed by atoms with van der Waals surface area (Å²) in [6.45, 7) is 9.82. The minimum Gasteiger partial charge on any atom is -0.491 e. The zero-order valence-corrected chi connectivity index (χ0v) is 12.2. The molecule has 0 N–H and O–H groups in total. The molecule has 0 saturated carbocycles. The van der Waals surface area contributed by atoms with Crippen molar-refractivity contribution in [3.63, 3.8) is 0 Å². The molecule has 106 valence electrons. The molecule has 1 rings (SSSR count). The van der Waals surface area contributed by atoms with Gasteiger partial charge in [0.15, 0.2) is 0 Å². The molecule has 4 nitrogen and oxygen atoms in total. The number of ether oxygens (including phenoxy) is 3. The quantitative estimate of drug-likeness (QED) is 0.740. The molecule has 0 radical (unpaired) electrons. The van der Waals surface area contributed by atoms with Crippen molar-refractivity contribution in [3.05, 3.63) is 23.8 Å². The minimum atomic E-state index is -0.380. The smallest absolute Gasteiger partial charge is 0.341 e. The molecule has 0 heterocycles. The van der Waals surface area contributed by atoms with E-state index < -0.39 is 0 Å². The van der Waals surface area contributed by atoms with Crippen LogP contribution in [0.2, 0.25) is 0 Å². The molecule has 0 amide bonds. The van der Waals surface area contributed by atoms with Crippen LogP contribution in [0.15, 0.2) is 18.2 Å². The van der Waals surface area contributed by atoms with Crippen molar-refractivity contribution in [1.82, 2.24) is 0 Å². The Kier molecular flexibility index (Phi) is 5.67. The molecule has 0 bridgehead atoms. The van der Waals surface area contributed by atoms with Crippen LogP contribution in [0.5, 0.6) is 11.5 Å². The Morgan fingerprint density at radius 2 is 1.74 bits per heavy atom. The van der Waals surface area contributed by atoms with E-state index >= 15 is 0 Å². The normalized spacial score (nSPS) is 10.7. The lowest BCUT2D eigenvalue weighted by atomic mass is 10.2. The fourth-order valence-electron chi connectivity index (χ4n) is 1.58. The number of carbonyl (C=O) groups excluding carboxylic acids is 1. The molecule has 1 aromatic carbocycles. The number of esters is 1. The van der Waals surface area contributed by atoms with Gasteiger partial charge in [0.2, 0.25) is 0 Å². The van der Waals surface area contributed by atoms with Crippen molar-refractivity contribution >= 4 is 5.97 Å². The summed E-state index contributed by atoms with van der Waals surface area (Å²) in [6.07, 6.45) is 0.0443. The number of hydrogen-bond donors (Lipinski definition) is 0. The highest BCUT2D eigenvalue weighted by molar-refractivity contribution is 5.92. The lowest BCUT2D eigenvalue weighted by Gasteiger charge is -2.16. The Labute approximate surface area is 114 Å². The van der Waals surface area contributed by atoms with E-state index in [1.165, 1.54) is 0 Å². The first kappa shape index (κ1) is 15.3. The average molecular weight is 266 g/mol. The molecule has 0 aliphatic heterocycles. The molecule has 0 aliphatic rings. The minimum absolute atomic E-state index is 0.0255. The fraction of sp³-hybridized carbons (Fsp3) is 0.533. The second kappa shape index (κ2) is 7.02. The van der Waals surface area contributed by atoms with Gasteiger partial charge < -0.3 is 14.2 Å². The maximum Gasteiger partial charge on any atom is 0.341 e. The van der Waals surface area contributed by atoms with Gasteiger partial charge in [-0.15, -0.1) is 0 Å². The predicted molar refractivity (Wildman–Crippen MR) is 73.9 cm³/mol. The Morgan fingerprint density at radius 1 is 1.11 bits per heavy atom. The first-order chi connectivity index (χ1) is 8.93. The SMILES string of the molecule is CCOC(=O)c1ccc(OC(C)C)cc1OC(C)C. The van der Waals surface area contributed by atoms with Crippen LogP contribution in [-0.2, 0) is 4.74 Å². The molecule has 0 atom stereocenters. The van der Waals surface area contributed by atoms with E-state index in [0.29, 0.717) is 23.7 Å². The van der Waals surface area contributed by atoms with Crippen LogP contribution in [0.3, 0.4) is 0 Å². The second-order valence-electron chi connectivity index (χ2n) is 4.71. The van der Waals surface area contributed by atoms with E-state index in [2.05, 4.69) is 0 Å². The second-order valence-corrected chi connectivity index (χ2v) is 4.71. The van der Waals surface area contributed by atoms with Gasteiger partial charge in [-0.2, -0.15) is 0 Å². The van der Waals surface area contributed by atoms with Crippen molar-refractivity contribution in [2.45, 2.75) is 46.8 Å².